The van der Waals surface area contributed by atoms with Gasteiger partial charge in [-0.1, -0.05) is 36.4 Å². The number of rotatable bonds is 4. The molecule has 0 saturated carbocycles. The van der Waals surface area contributed by atoms with Gasteiger partial charge in [-0.3, -0.25) is 19.3 Å². The van der Waals surface area contributed by atoms with Gasteiger partial charge in [0.15, 0.2) is 0 Å². The van der Waals surface area contributed by atoms with E-state index in [1.807, 2.05) is 0 Å². The Morgan fingerprint density at radius 3 is 2.04 bits per heavy atom. The molecule has 2 aromatic carbocycles. The topological polar surface area (TPSA) is 74.7 Å². The number of aliphatic carboxylic acids is 1. The van der Waals surface area contributed by atoms with Crippen LogP contribution in [0.5, 0.6) is 0 Å². The van der Waals surface area contributed by atoms with Crippen molar-refractivity contribution >= 4 is 30.2 Å². The number of carboxylic acid groups (broad SMARTS) is 1. The van der Waals surface area contributed by atoms with Gasteiger partial charge in [0, 0.05) is 0 Å². The van der Waals surface area contributed by atoms with E-state index in [1.54, 1.807) is 55.5 Å². The molecule has 0 radical (unpaired) electrons. The lowest BCUT2D eigenvalue weighted by Gasteiger charge is -2.18. The lowest BCUT2D eigenvalue weighted by atomic mass is 9.95. The maximum absolute atomic E-state index is 12.4. The third-order valence-corrected chi connectivity index (χ3v) is 4.10. The molecule has 1 unspecified atom stereocenters. The molecule has 124 valence electrons. The molecule has 1 aliphatic rings. The Morgan fingerprint density at radius 2 is 1.50 bits per heavy atom. The second-order valence-electron chi connectivity index (χ2n) is 5.50. The minimum atomic E-state index is -0.945. The second-order valence-corrected chi connectivity index (χ2v) is 5.50. The highest BCUT2D eigenvalue weighted by Gasteiger charge is 2.35. The van der Waals surface area contributed by atoms with Crippen LogP contribution in [0.1, 0.15) is 44.7 Å². The monoisotopic (exact) mass is 345 g/mol. The predicted molar refractivity (Wildman–Crippen MR) is 90.4 cm³/mol. The predicted octanol–water partition coefficient (Wildman–Crippen LogP) is 3.09. The van der Waals surface area contributed by atoms with E-state index in [0.29, 0.717) is 22.3 Å². The average molecular weight is 346 g/mol. The van der Waals surface area contributed by atoms with Gasteiger partial charge in [-0.2, -0.15) is 0 Å². The van der Waals surface area contributed by atoms with Crippen molar-refractivity contribution in [1.29, 1.82) is 0 Å². The van der Waals surface area contributed by atoms with Gasteiger partial charge in [-0.15, -0.1) is 12.4 Å². The number of imide groups is 1. The van der Waals surface area contributed by atoms with Gasteiger partial charge in [0.25, 0.3) is 11.8 Å². The first-order valence-corrected chi connectivity index (χ1v) is 7.26. The third-order valence-electron chi connectivity index (χ3n) is 4.10. The summed E-state index contributed by atoms with van der Waals surface area (Å²) in [5, 5.41) is 9.22. The van der Waals surface area contributed by atoms with Crippen LogP contribution in [0.2, 0.25) is 0 Å². The van der Waals surface area contributed by atoms with Crippen molar-refractivity contribution in [3.05, 3.63) is 70.8 Å². The minimum absolute atomic E-state index is 0. The lowest BCUT2D eigenvalue weighted by Crippen LogP contribution is -2.30. The van der Waals surface area contributed by atoms with Gasteiger partial charge in [0.1, 0.15) is 0 Å². The van der Waals surface area contributed by atoms with Crippen LogP contribution in [0.25, 0.3) is 0 Å². The molecular formula is C18H16ClNO4. The Morgan fingerprint density at radius 1 is 1.00 bits per heavy atom. The van der Waals surface area contributed by atoms with Crippen molar-refractivity contribution in [2.45, 2.75) is 19.4 Å². The van der Waals surface area contributed by atoms with Crippen molar-refractivity contribution in [1.82, 2.24) is 4.90 Å². The standard InChI is InChI=1S/C18H15NO4.ClH/c1-11(18(22)23)13-7-3-2-6-12(13)10-19-16(20)14-8-4-5-9-15(14)17(19)21;/h2-9,11H,10H2,1H3,(H,22,23);1H. The maximum Gasteiger partial charge on any atom is 0.310 e. The zero-order valence-electron chi connectivity index (χ0n) is 12.9. The van der Waals surface area contributed by atoms with Crippen molar-refractivity contribution < 1.29 is 19.5 Å². The summed E-state index contributed by atoms with van der Waals surface area (Å²) in [5.74, 6) is -2.34. The lowest BCUT2D eigenvalue weighted by molar-refractivity contribution is -0.138. The van der Waals surface area contributed by atoms with Crippen molar-refractivity contribution in [3.8, 4) is 0 Å². The molecule has 1 atom stereocenters. The number of hydrogen-bond acceptors (Lipinski definition) is 3. The van der Waals surface area contributed by atoms with Gasteiger partial charge in [0.05, 0.1) is 23.6 Å². The fourth-order valence-corrected chi connectivity index (χ4v) is 2.79. The Bertz CT molecular complexity index is 783. The highest BCUT2D eigenvalue weighted by Crippen LogP contribution is 2.27. The van der Waals surface area contributed by atoms with Crippen LogP contribution in [-0.2, 0) is 11.3 Å². The molecule has 3 rings (SSSR count). The molecule has 5 nitrogen and oxygen atoms in total. The number of halogens is 1. The minimum Gasteiger partial charge on any atom is -0.481 e. The van der Waals surface area contributed by atoms with Gasteiger partial charge in [-0.25, -0.2) is 0 Å². The Balaban J connectivity index is 0.00000208. The number of hydrogen-bond donors (Lipinski definition) is 1. The summed E-state index contributed by atoms with van der Waals surface area (Å²) in [4.78, 5) is 37.2. The quantitative estimate of drug-likeness (QED) is 0.864. The Hall–Kier alpha value is -2.66. The van der Waals surface area contributed by atoms with Crippen LogP contribution in [0.4, 0.5) is 0 Å². The number of carbonyl (C=O) groups excluding carboxylic acids is 2. The molecular weight excluding hydrogens is 330 g/mol. The molecule has 1 N–H and O–H groups in total. The van der Waals surface area contributed by atoms with Gasteiger partial charge >= 0.3 is 5.97 Å². The van der Waals surface area contributed by atoms with Gasteiger partial charge in [0.2, 0.25) is 0 Å². The smallest absolute Gasteiger partial charge is 0.310 e. The number of carbonyl (C=O) groups is 3. The summed E-state index contributed by atoms with van der Waals surface area (Å²) in [7, 11) is 0. The first-order valence-electron chi connectivity index (χ1n) is 7.26. The van der Waals surface area contributed by atoms with Gasteiger partial charge < -0.3 is 5.11 Å². The van der Waals surface area contributed by atoms with Crippen molar-refractivity contribution in [2.24, 2.45) is 0 Å². The number of carboxylic acids is 1. The van der Waals surface area contributed by atoms with E-state index in [0.717, 1.165) is 4.90 Å². The van der Waals surface area contributed by atoms with Crippen molar-refractivity contribution in [2.75, 3.05) is 0 Å². The van der Waals surface area contributed by atoms with Crippen molar-refractivity contribution in [3.63, 3.8) is 0 Å². The van der Waals surface area contributed by atoms with E-state index < -0.39 is 11.9 Å². The van der Waals surface area contributed by atoms with E-state index >= 15 is 0 Å². The molecule has 6 heteroatoms. The molecule has 0 saturated heterocycles. The Kier molecular flexibility index (Phi) is 5.04. The first-order chi connectivity index (χ1) is 11.0. The van der Waals surface area contributed by atoms with E-state index in [4.69, 9.17) is 0 Å². The van der Waals surface area contributed by atoms with E-state index in [-0.39, 0.29) is 30.8 Å². The van der Waals surface area contributed by atoms with Crippen LogP contribution in [-0.4, -0.2) is 27.8 Å². The molecule has 1 aliphatic heterocycles. The molecule has 2 aromatic rings. The summed E-state index contributed by atoms with van der Waals surface area (Å²) >= 11 is 0. The molecule has 0 bridgehead atoms. The summed E-state index contributed by atoms with van der Waals surface area (Å²) in [5.41, 5.74) is 2.05. The SMILES string of the molecule is CC(C(=O)O)c1ccccc1CN1C(=O)c2ccccc2C1=O.Cl. The summed E-state index contributed by atoms with van der Waals surface area (Å²) < 4.78 is 0. The van der Waals surface area contributed by atoms with Gasteiger partial charge in [-0.05, 0) is 30.2 Å². The molecule has 0 fully saturated rings. The highest BCUT2D eigenvalue weighted by atomic mass is 35.5. The fourth-order valence-electron chi connectivity index (χ4n) is 2.79. The zero-order chi connectivity index (χ0) is 16.6. The largest absolute Gasteiger partial charge is 0.481 e. The molecule has 0 aromatic heterocycles. The summed E-state index contributed by atoms with van der Waals surface area (Å²) in [6, 6.07) is 13.7. The molecule has 0 spiro atoms. The molecule has 24 heavy (non-hydrogen) atoms. The average Bonchev–Trinajstić information content (AvgIpc) is 2.80. The third kappa shape index (κ3) is 2.90. The zero-order valence-corrected chi connectivity index (χ0v) is 13.7. The van der Waals surface area contributed by atoms with E-state index in [2.05, 4.69) is 0 Å². The highest BCUT2D eigenvalue weighted by molar-refractivity contribution is 6.21. The molecule has 0 aliphatic carbocycles. The van der Waals surface area contributed by atoms with E-state index in [9.17, 15) is 19.5 Å². The Labute approximate surface area is 145 Å². The molecule has 1 heterocycles. The van der Waals surface area contributed by atoms with Crippen LogP contribution in [0.15, 0.2) is 48.5 Å². The molecule has 2 amide bonds. The van der Waals surface area contributed by atoms with Crippen LogP contribution >= 0.6 is 12.4 Å². The van der Waals surface area contributed by atoms with Crippen LogP contribution < -0.4 is 0 Å². The number of amides is 2. The summed E-state index contributed by atoms with van der Waals surface area (Å²) in [6.07, 6.45) is 0. The number of nitrogens with zero attached hydrogens (tertiary/aromatic N) is 1. The van der Waals surface area contributed by atoms with Crippen LogP contribution in [0, 0.1) is 0 Å². The summed E-state index contributed by atoms with van der Waals surface area (Å²) in [6.45, 7) is 1.66. The fraction of sp³-hybridized carbons (Fsp3) is 0.167. The second kappa shape index (κ2) is 6.84. The number of fused-ring (bicyclic) bond motifs is 1. The number of benzene rings is 2. The maximum atomic E-state index is 12.4. The normalized spacial score (nSPS) is 14.1. The van der Waals surface area contributed by atoms with Crippen LogP contribution in [0.3, 0.4) is 0 Å². The first kappa shape index (κ1) is 17.7. The van der Waals surface area contributed by atoms with E-state index in [1.165, 1.54) is 0 Å².